The first kappa shape index (κ1) is 16.7. The van der Waals surface area contributed by atoms with Crippen molar-refractivity contribution in [2.24, 2.45) is 0 Å². The molecule has 2 aromatic rings. The van der Waals surface area contributed by atoms with Gasteiger partial charge in [-0.25, -0.2) is 0 Å². The smallest absolute Gasteiger partial charge is 0.289 e. The lowest BCUT2D eigenvalue weighted by molar-refractivity contribution is 0.0750. The molecule has 0 saturated heterocycles. The summed E-state index contributed by atoms with van der Waals surface area (Å²) in [4.78, 5) is 13.7. The zero-order chi connectivity index (χ0) is 16.7. The van der Waals surface area contributed by atoms with Crippen molar-refractivity contribution < 1.29 is 23.4 Å². The van der Waals surface area contributed by atoms with E-state index in [4.69, 9.17) is 18.6 Å². The van der Waals surface area contributed by atoms with Gasteiger partial charge in [0.1, 0.15) is 11.5 Å². The molecular weight excluding hydrogens is 298 g/mol. The fourth-order valence-electron chi connectivity index (χ4n) is 2.00. The Morgan fingerprint density at radius 3 is 2.35 bits per heavy atom. The van der Waals surface area contributed by atoms with Crippen molar-refractivity contribution in [2.45, 2.75) is 6.42 Å². The Labute approximate surface area is 135 Å². The van der Waals surface area contributed by atoms with Crippen LogP contribution in [0.2, 0.25) is 0 Å². The van der Waals surface area contributed by atoms with Gasteiger partial charge in [-0.3, -0.25) is 4.79 Å². The van der Waals surface area contributed by atoms with Gasteiger partial charge in [0.25, 0.3) is 11.9 Å². The van der Waals surface area contributed by atoms with Crippen LogP contribution in [-0.2, 0) is 0 Å². The fraction of sp³-hybridized carbons (Fsp3) is 0.353. The average Bonchev–Trinajstić information content (AvgIpc) is 3.07. The molecule has 6 heteroatoms. The van der Waals surface area contributed by atoms with Crippen LogP contribution in [0.15, 0.2) is 40.8 Å². The van der Waals surface area contributed by atoms with Crippen molar-refractivity contribution in [3.8, 4) is 17.4 Å². The Kier molecular flexibility index (Phi) is 5.91. The summed E-state index contributed by atoms with van der Waals surface area (Å²) < 4.78 is 20.9. The van der Waals surface area contributed by atoms with Crippen molar-refractivity contribution in [3.05, 3.63) is 42.2 Å². The quantitative estimate of drug-likeness (QED) is 0.700. The maximum atomic E-state index is 12.1. The van der Waals surface area contributed by atoms with Crippen LogP contribution >= 0.6 is 0 Å². The molecule has 1 aromatic carbocycles. The Morgan fingerprint density at radius 1 is 1.04 bits per heavy atom. The predicted octanol–water partition coefficient (Wildman–Crippen LogP) is 2.84. The topological polar surface area (TPSA) is 61.1 Å². The molecule has 0 radical (unpaired) electrons. The average molecular weight is 319 g/mol. The number of amides is 1. The maximum Gasteiger partial charge on any atom is 0.289 e. The van der Waals surface area contributed by atoms with E-state index in [1.165, 1.54) is 7.11 Å². The van der Waals surface area contributed by atoms with E-state index < -0.39 is 0 Å². The molecule has 0 atom stereocenters. The third-order valence-electron chi connectivity index (χ3n) is 3.31. The molecule has 0 N–H and O–H groups in total. The Bertz CT molecular complexity index is 620. The van der Waals surface area contributed by atoms with Crippen LogP contribution < -0.4 is 14.2 Å². The van der Waals surface area contributed by atoms with E-state index in [0.717, 1.165) is 11.5 Å². The SMILES string of the molecule is COc1ccc(OCCCN(C)C(=O)c2ccc(OC)o2)cc1. The molecule has 1 amide bonds. The molecule has 1 heterocycles. The number of benzene rings is 1. The van der Waals surface area contributed by atoms with E-state index >= 15 is 0 Å². The number of hydrogen-bond acceptors (Lipinski definition) is 5. The van der Waals surface area contributed by atoms with E-state index in [9.17, 15) is 4.79 Å². The van der Waals surface area contributed by atoms with Gasteiger partial charge in [-0.2, -0.15) is 0 Å². The number of nitrogens with zero attached hydrogens (tertiary/aromatic N) is 1. The molecule has 2 rings (SSSR count). The number of furan rings is 1. The molecule has 0 fully saturated rings. The summed E-state index contributed by atoms with van der Waals surface area (Å²) in [6, 6.07) is 10.6. The van der Waals surface area contributed by atoms with Gasteiger partial charge >= 0.3 is 0 Å². The van der Waals surface area contributed by atoms with Crippen molar-refractivity contribution in [1.29, 1.82) is 0 Å². The molecule has 0 saturated carbocycles. The highest BCUT2D eigenvalue weighted by Crippen LogP contribution is 2.18. The molecule has 0 bridgehead atoms. The Hall–Kier alpha value is -2.63. The first-order valence-electron chi connectivity index (χ1n) is 7.30. The maximum absolute atomic E-state index is 12.1. The molecule has 23 heavy (non-hydrogen) atoms. The number of rotatable bonds is 8. The minimum Gasteiger partial charge on any atom is -0.497 e. The van der Waals surface area contributed by atoms with Crippen LogP contribution in [-0.4, -0.2) is 45.2 Å². The number of carbonyl (C=O) groups is 1. The Balaban J connectivity index is 1.73. The molecule has 124 valence electrons. The molecule has 0 spiro atoms. The van der Waals surface area contributed by atoms with Crippen LogP contribution in [0.5, 0.6) is 17.4 Å². The van der Waals surface area contributed by atoms with Crippen LogP contribution in [0.4, 0.5) is 0 Å². The van der Waals surface area contributed by atoms with E-state index in [0.29, 0.717) is 25.5 Å². The van der Waals surface area contributed by atoms with E-state index in [2.05, 4.69) is 0 Å². The van der Waals surface area contributed by atoms with Crippen LogP contribution in [0.1, 0.15) is 17.0 Å². The van der Waals surface area contributed by atoms with Gasteiger partial charge in [-0.15, -0.1) is 0 Å². The predicted molar refractivity (Wildman–Crippen MR) is 85.3 cm³/mol. The van der Waals surface area contributed by atoms with Gasteiger partial charge < -0.3 is 23.5 Å². The zero-order valence-electron chi connectivity index (χ0n) is 13.6. The lowest BCUT2D eigenvalue weighted by atomic mass is 10.3. The van der Waals surface area contributed by atoms with Gasteiger partial charge in [0.15, 0.2) is 5.76 Å². The summed E-state index contributed by atoms with van der Waals surface area (Å²) >= 11 is 0. The second-order valence-electron chi connectivity index (χ2n) is 4.93. The summed E-state index contributed by atoms with van der Waals surface area (Å²) in [5.41, 5.74) is 0. The van der Waals surface area contributed by atoms with E-state index in [-0.39, 0.29) is 11.7 Å². The Morgan fingerprint density at radius 2 is 1.74 bits per heavy atom. The third kappa shape index (κ3) is 4.67. The second kappa shape index (κ2) is 8.12. The molecule has 0 unspecified atom stereocenters. The van der Waals surface area contributed by atoms with Crippen molar-refractivity contribution in [3.63, 3.8) is 0 Å². The number of methoxy groups -OCH3 is 2. The third-order valence-corrected chi connectivity index (χ3v) is 3.31. The molecule has 0 aliphatic carbocycles. The van der Waals surface area contributed by atoms with Gasteiger partial charge in [-0.1, -0.05) is 0 Å². The lowest BCUT2D eigenvalue weighted by Crippen LogP contribution is -2.28. The highest BCUT2D eigenvalue weighted by Gasteiger charge is 2.15. The summed E-state index contributed by atoms with van der Waals surface area (Å²) in [5, 5.41) is 0. The van der Waals surface area contributed by atoms with Gasteiger partial charge in [0.2, 0.25) is 0 Å². The lowest BCUT2D eigenvalue weighted by Gasteiger charge is -2.15. The molecule has 6 nitrogen and oxygen atoms in total. The monoisotopic (exact) mass is 319 g/mol. The van der Waals surface area contributed by atoms with Crippen LogP contribution in [0.25, 0.3) is 0 Å². The summed E-state index contributed by atoms with van der Waals surface area (Å²) in [6.07, 6.45) is 0.714. The van der Waals surface area contributed by atoms with E-state index in [1.54, 1.807) is 31.2 Å². The minimum absolute atomic E-state index is 0.183. The number of carbonyl (C=O) groups excluding carboxylic acids is 1. The number of ether oxygens (including phenoxy) is 3. The van der Waals surface area contributed by atoms with Crippen molar-refractivity contribution >= 4 is 5.91 Å². The van der Waals surface area contributed by atoms with Gasteiger partial charge in [0, 0.05) is 19.7 Å². The van der Waals surface area contributed by atoms with E-state index in [1.807, 2.05) is 24.3 Å². The highest BCUT2D eigenvalue weighted by atomic mass is 16.6. The molecular formula is C17H21NO5. The molecule has 1 aromatic heterocycles. The van der Waals surface area contributed by atoms with Crippen molar-refractivity contribution in [2.75, 3.05) is 34.4 Å². The summed E-state index contributed by atoms with van der Waals surface area (Å²) in [7, 11) is 4.84. The highest BCUT2D eigenvalue weighted by molar-refractivity contribution is 5.91. The van der Waals surface area contributed by atoms with Gasteiger partial charge in [0.05, 0.1) is 20.8 Å². The molecule has 0 aliphatic rings. The largest absolute Gasteiger partial charge is 0.497 e. The minimum atomic E-state index is -0.183. The number of hydrogen-bond donors (Lipinski definition) is 0. The first-order valence-corrected chi connectivity index (χ1v) is 7.30. The molecule has 0 aliphatic heterocycles. The summed E-state index contributed by atoms with van der Waals surface area (Å²) in [6.45, 7) is 1.09. The van der Waals surface area contributed by atoms with Crippen LogP contribution in [0, 0.1) is 0 Å². The zero-order valence-corrected chi connectivity index (χ0v) is 13.6. The van der Waals surface area contributed by atoms with Crippen molar-refractivity contribution in [1.82, 2.24) is 4.90 Å². The van der Waals surface area contributed by atoms with Gasteiger partial charge in [-0.05, 0) is 36.8 Å². The normalized spacial score (nSPS) is 10.2. The summed E-state index contributed by atoms with van der Waals surface area (Å²) in [5.74, 6) is 1.97. The standard InChI is InChI=1S/C17H21NO5/c1-18(17(19)15-9-10-16(21-3)23-15)11-4-12-22-14-7-5-13(20-2)6-8-14/h5-10H,4,11-12H2,1-3H3. The van der Waals surface area contributed by atoms with Crippen LogP contribution in [0.3, 0.4) is 0 Å². The first-order chi connectivity index (χ1) is 11.1. The fourth-order valence-corrected chi connectivity index (χ4v) is 2.00. The second-order valence-corrected chi connectivity index (χ2v) is 4.93.